The molecule has 4 rings (SSSR count). The van der Waals surface area contributed by atoms with Crippen molar-refractivity contribution in [3.8, 4) is 23.0 Å². The number of alkyl halides is 6. The number of nitrogens with zero attached hydrogens (tertiary/aromatic N) is 4. The van der Waals surface area contributed by atoms with Crippen LogP contribution in [0, 0.1) is 40.5 Å². The van der Waals surface area contributed by atoms with Crippen LogP contribution in [-0.2, 0) is 12.4 Å². The first-order chi connectivity index (χ1) is 21.7. The van der Waals surface area contributed by atoms with Gasteiger partial charge in [0.25, 0.3) is 11.5 Å². The maximum absolute atomic E-state index is 13.3. The predicted molar refractivity (Wildman–Crippen MR) is 141 cm³/mol. The molecule has 4 aromatic carbocycles. The van der Waals surface area contributed by atoms with Gasteiger partial charge in [0, 0.05) is 24.3 Å². The number of nitro benzene ring substituents is 4. The zero-order valence-corrected chi connectivity index (χ0v) is 22.2. The van der Waals surface area contributed by atoms with Crippen molar-refractivity contribution in [2.24, 2.45) is 0 Å². The van der Waals surface area contributed by atoms with Crippen LogP contribution in [0.15, 0.2) is 54.6 Å². The van der Waals surface area contributed by atoms with Crippen LogP contribution in [0.2, 0.25) is 0 Å². The maximum atomic E-state index is 13.3. The average molecular weight is 672 g/mol. The van der Waals surface area contributed by atoms with Crippen LogP contribution < -0.4 is 9.47 Å². The molecular formula is C25H10F6N4O12. The van der Waals surface area contributed by atoms with Crippen LogP contribution in [0.25, 0.3) is 10.8 Å². The van der Waals surface area contributed by atoms with Crippen molar-refractivity contribution in [1.82, 2.24) is 0 Å². The molecule has 0 aliphatic heterocycles. The van der Waals surface area contributed by atoms with Crippen LogP contribution in [-0.4, -0.2) is 30.8 Å². The first-order valence-electron chi connectivity index (χ1n) is 11.9. The van der Waals surface area contributed by atoms with Gasteiger partial charge in [-0.3, -0.25) is 40.5 Å². The fourth-order valence-corrected chi connectivity index (χ4v) is 4.07. The Balaban J connectivity index is 1.86. The van der Waals surface area contributed by atoms with Crippen LogP contribution >= 0.6 is 0 Å². The third-order valence-electron chi connectivity index (χ3n) is 6.11. The lowest BCUT2D eigenvalue weighted by molar-refractivity contribution is -0.396. The largest absolute Gasteiger partial charge is 0.478 e. The summed E-state index contributed by atoms with van der Waals surface area (Å²) in [7, 11) is 0. The van der Waals surface area contributed by atoms with Crippen molar-refractivity contribution in [3.63, 3.8) is 0 Å². The van der Waals surface area contributed by atoms with E-state index in [1.54, 1.807) is 0 Å². The van der Waals surface area contributed by atoms with Crippen molar-refractivity contribution >= 4 is 39.5 Å². The number of benzene rings is 4. The van der Waals surface area contributed by atoms with Gasteiger partial charge in [0.05, 0.1) is 30.8 Å². The summed E-state index contributed by atoms with van der Waals surface area (Å²) in [5.41, 5.74) is -10.3. The fourth-order valence-electron chi connectivity index (χ4n) is 4.07. The summed E-state index contributed by atoms with van der Waals surface area (Å²) in [6.07, 6.45) is -10.5. The molecule has 1 N–H and O–H groups in total. The Labute approximate surface area is 252 Å². The van der Waals surface area contributed by atoms with E-state index in [4.69, 9.17) is 9.47 Å². The van der Waals surface area contributed by atoms with Gasteiger partial charge >= 0.3 is 41.1 Å². The number of carboxylic acids is 1. The molecule has 0 saturated carbocycles. The van der Waals surface area contributed by atoms with Crippen LogP contribution in [0.1, 0.15) is 21.5 Å². The lowest BCUT2D eigenvalue weighted by Crippen LogP contribution is -2.09. The molecule has 16 nitrogen and oxygen atoms in total. The van der Waals surface area contributed by atoms with E-state index in [1.165, 1.54) is 0 Å². The minimum Gasteiger partial charge on any atom is -0.478 e. The Kier molecular flexibility index (Phi) is 8.30. The highest BCUT2D eigenvalue weighted by molar-refractivity contribution is 5.98. The maximum Gasteiger partial charge on any atom is 0.416 e. The molecule has 47 heavy (non-hydrogen) atoms. The highest BCUT2D eigenvalue weighted by Gasteiger charge is 2.40. The smallest absolute Gasteiger partial charge is 0.416 e. The van der Waals surface area contributed by atoms with Crippen molar-refractivity contribution in [2.45, 2.75) is 12.4 Å². The molecule has 4 aromatic rings. The van der Waals surface area contributed by atoms with Gasteiger partial charge < -0.3 is 14.6 Å². The molecule has 0 spiro atoms. The molecule has 22 heteroatoms. The van der Waals surface area contributed by atoms with E-state index in [0.29, 0.717) is 0 Å². The second-order valence-corrected chi connectivity index (χ2v) is 9.08. The van der Waals surface area contributed by atoms with E-state index in [1.807, 2.05) is 0 Å². The molecule has 0 aliphatic carbocycles. The normalized spacial score (nSPS) is 11.6. The molecule has 0 saturated heterocycles. The van der Waals surface area contributed by atoms with Gasteiger partial charge in [-0.2, -0.15) is 26.3 Å². The summed E-state index contributed by atoms with van der Waals surface area (Å²) in [6, 6.07) is 4.43. The second-order valence-electron chi connectivity index (χ2n) is 9.08. The van der Waals surface area contributed by atoms with Gasteiger partial charge in [-0.05, 0) is 35.0 Å². The van der Waals surface area contributed by atoms with Crippen molar-refractivity contribution in [3.05, 3.63) is 112 Å². The number of halogens is 6. The van der Waals surface area contributed by atoms with Gasteiger partial charge in [0.1, 0.15) is 17.1 Å². The third-order valence-corrected chi connectivity index (χ3v) is 6.11. The highest BCUT2D eigenvalue weighted by Crippen LogP contribution is 2.47. The molecule has 0 unspecified atom stereocenters. The van der Waals surface area contributed by atoms with Crippen molar-refractivity contribution < 1.29 is 65.4 Å². The lowest BCUT2D eigenvalue weighted by Gasteiger charge is -2.14. The zero-order valence-electron chi connectivity index (χ0n) is 22.2. The summed E-state index contributed by atoms with van der Waals surface area (Å²) < 4.78 is 89.8. The monoisotopic (exact) mass is 672 g/mol. The number of carbonyl (C=O) groups is 1. The Morgan fingerprint density at radius 3 is 1.36 bits per heavy atom. The molecule has 0 bridgehead atoms. The molecule has 244 valence electrons. The summed E-state index contributed by atoms with van der Waals surface area (Å²) in [6.45, 7) is 0. The highest BCUT2D eigenvalue weighted by atomic mass is 19.4. The third kappa shape index (κ3) is 6.74. The Bertz CT molecular complexity index is 1960. The van der Waals surface area contributed by atoms with Crippen LogP contribution in [0.5, 0.6) is 23.0 Å². The quantitative estimate of drug-likeness (QED) is 0.102. The van der Waals surface area contributed by atoms with E-state index in [0.717, 1.165) is 30.3 Å². The molecule has 0 fully saturated rings. The Morgan fingerprint density at radius 2 is 1.00 bits per heavy atom. The number of fused-ring (bicyclic) bond motifs is 1. The summed E-state index contributed by atoms with van der Waals surface area (Å²) in [5.74, 6) is -5.73. The minimum absolute atomic E-state index is 0.00481. The zero-order chi connectivity index (χ0) is 35.2. The first-order valence-corrected chi connectivity index (χ1v) is 11.9. The molecule has 0 amide bonds. The molecule has 0 aromatic heterocycles. The molecule has 0 heterocycles. The Morgan fingerprint density at radius 1 is 0.596 bits per heavy atom. The van der Waals surface area contributed by atoms with Gasteiger partial charge in [-0.15, -0.1) is 0 Å². The minimum atomic E-state index is -5.26. The van der Waals surface area contributed by atoms with E-state index >= 15 is 0 Å². The van der Waals surface area contributed by atoms with E-state index in [-0.39, 0.29) is 35.0 Å². The predicted octanol–water partition coefficient (Wildman–Crippen LogP) is 7.79. The van der Waals surface area contributed by atoms with Gasteiger partial charge in [0.15, 0.2) is 0 Å². The number of hydrogen-bond acceptors (Lipinski definition) is 11. The molecule has 0 atom stereocenters. The summed E-state index contributed by atoms with van der Waals surface area (Å²) in [5, 5.41) is 55.6. The van der Waals surface area contributed by atoms with E-state index < -0.39 is 100 Å². The number of rotatable bonds is 9. The van der Waals surface area contributed by atoms with Crippen LogP contribution in [0.4, 0.5) is 49.1 Å². The van der Waals surface area contributed by atoms with E-state index in [9.17, 15) is 76.7 Å². The standard InChI is InChI=1S/C25H10F6N4O12/c26-24(27,28)12-6-16(32(38)39)21(17(7-12)33(40)41)46-14-2-1-10-5-20(15(23(36)37)4-11(10)3-14)47-22-18(34(42)43)8-13(25(29,30)31)9-19(22)35(44)45/h1-9H,(H,36,37). The number of ether oxygens (including phenoxy) is 2. The molecular weight excluding hydrogens is 662 g/mol. The Hall–Kier alpha value is -6.61. The molecule has 0 aliphatic rings. The average Bonchev–Trinajstić information content (AvgIpc) is 2.95. The van der Waals surface area contributed by atoms with Gasteiger partial charge in [0.2, 0.25) is 0 Å². The second kappa shape index (κ2) is 11.7. The fraction of sp³-hybridized carbons (Fsp3) is 0.0800. The number of hydrogen-bond donors (Lipinski definition) is 1. The first kappa shape index (κ1) is 33.3. The molecule has 0 radical (unpaired) electrons. The van der Waals surface area contributed by atoms with Crippen molar-refractivity contribution in [1.29, 1.82) is 0 Å². The number of nitro groups is 4. The van der Waals surface area contributed by atoms with Gasteiger partial charge in [-0.25, -0.2) is 4.79 Å². The number of carboxylic acid groups (broad SMARTS) is 1. The topological polar surface area (TPSA) is 228 Å². The van der Waals surface area contributed by atoms with Crippen molar-refractivity contribution in [2.75, 3.05) is 0 Å². The number of aromatic carboxylic acids is 1. The van der Waals surface area contributed by atoms with E-state index in [2.05, 4.69) is 0 Å². The summed E-state index contributed by atoms with van der Waals surface area (Å²) >= 11 is 0. The van der Waals surface area contributed by atoms with Gasteiger partial charge in [-0.1, -0.05) is 6.07 Å². The SMILES string of the molecule is O=C(O)c1cc2cc(Oc3c([N+](=O)[O-])cc(C(F)(F)F)cc3[N+](=O)[O-])ccc2cc1Oc1c([N+](=O)[O-])cc(C(F)(F)F)cc1[N+](=O)[O-]. The summed E-state index contributed by atoms with van der Waals surface area (Å²) in [4.78, 5) is 52.5. The van der Waals surface area contributed by atoms with Crippen LogP contribution in [0.3, 0.4) is 0 Å². The lowest BCUT2D eigenvalue weighted by atomic mass is 10.0.